The molecular formula is C15H20BrFN2O2. The number of halogens is 2. The molecule has 116 valence electrons. The monoisotopic (exact) mass is 361 g/mol. The number of piperazine rings is 1. The molecule has 0 radical (unpaired) electrons. The standard InChI is InChI=1S/C15H20BrFN2O2/c1-15(2,3)21-14(20)19-8-6-18(7-9-19)13-5-4-11(17)10-12(13)16/h4-5,10H,6-9H2,1-3H3/i4D,5D,10D. The lowest BCUT2D eigenvalue weighted by Gasteiger charge is -2.37. The first kappa shape index (κ1) is 12.3. The molecule has 1 aromatic rings. The van der Waals surface area contributed by atoms with Gasteiger partial charge in [0.25, 0.3) is 0 Å². The maximum Gasteiger partial charge on any atom is 0.410 e. The van der Waals surface area contributed by atoms with Crippen molar-refractivity contribution in [2.45, 2.75) is 26.4 Å². The molecule has 0 bridgehead atoms. The first-order valence-corrected chi connectivity index (χ1v) is 7.50. The van der Waals surface area contributed by atoms with Crippen molar-refractivity contribution in [3.05, 3.63) is 28.4 Å². The Morgan fingerprint density at radius 2 is 1.95 bits per heavy atom. The molecule has 1 amide bonds. The largest absolute Gasteiger partial charge is 0.444 e. The summed E-state index contributed by atoms with van der Waals surface area (Å²) in [4.78, 5) is 15.4. The molecule has 0 unspecified atom stereocenters. The summed E-state index contributed by atoms with van der Waals surface area (Å²) in [5.74, 6) is -1.01. The van der Waals surface area contributed by atoms with Crippen molar-refractivity contribution >= 4 is 27.7 Å². The van der Waals surface area contributed by atoms with E-state index in [-0.39, 0.29) is 10.5 Å². The zero-order valence-corrected chi connectivity index (χ0v) is 13.9. The first-order chi connectivity index (χ1) is 11.0. The molecule has 1 aliphatic rings. The van der Waals surface area contributed by atoms with Crippen molar-refractivity contribution in [1.82, 2.24) is 4.90 Å². The van der Waals surface area contributed by atoms with Crippen LogP contribution in [0.4, 0.5) is 14.9 Å². The van der Waals surface area contributed by atoms with E-state index in [2.05, 4.69) is 15.9 Å². The molecule has 21 heavy (non-hydrogen) atoms. The highest BCUT2D eigenvalue weighted by molar-refractivity contribution is 9.10. The lowest BCUT2D eigenvalue weighted by molar-refractivity contribution is 0.0240. The van der Waals surface area contributed by atoms with Gasteiger partial charge in [0.1, 0.15) is 11.4 Å². The SMILES string of the molecule is [2H]c1c([2H])c(N2CCN(C(=O)OC(C)(C)C)CC2)c(Br)c([2H])c1F. The Morgan fingerprint density at radius 1 is 1.33 bits per heavy atom. The topological polar surface area (TPSA) is 32.8 Å². The first-order valence-electron chi connectivity index (χ1n) is 8.20. The van der Waals surface area contributed by atoms with Crippen LogP contribution in [0.15, 0.2) is 22.6 Å². The number of rotatable bonds is 1. The van der Waals surface area contributed by atoms with Gasteiger partial charge in [0.2, 0.25) is 0 Å². The summed E-state index contributed by atoms with van der Waals surface area (Å²) in [6.07, 6.45) is -0.395. The van der Waals surface area contributed by atoms with Gasteiger partial charge in [0.15, 0.2) is 0 Å². The molecule has 0 N–H and O–H groups in total. The van der Waals surface area contributed by atoms with Crippen molar-refractivity contribution < 1.29 is 18.0 Å². The molecule has 0 aliphatic carbocycles. The molecule has 1 aliphatic heterocycles. The van der Waals surface area contributed by atoms with Crippen LogP contribution in [0.25, 0.3) is 0 Å². The van der Waals surface area contributed by atoms with E-state index in [0.29, 0.717) is 31.9 Å². The van der Waals surface area contributed by atoms with E-state index in [0.717, 1.165) is 0 Å². The van der Waals surface area contributed by atoms with Crippen molar-refractivity contribution in [2.24, 2.45) is 0 Å². The van der Waals surface area contributed by atoms with Crippen molar-refractivity contribution in [2.75, 3.05) is 31.1 Å². The van der Waals surface area contributed by atoms with E-state index in [1.165, 1.54) is 0 Å². The van der Waals surface area contributed by atoms with Gasteiger partial charge in [0.05, 0.1) is 9.80 Å². The fraction of sp³-hybridized carbons (Fsp3) is 0.533. The lowest BCUT2D eigenvalue weighted by atomic mass is 10.2. The van der Waals surface area contributed by atoms with Gasteiger partial charge in [0, 0.05) is 30.7 Å². The number of anilines is 1. The summed E-state index contributed by atoms with van der Waals surface area (Å²) in [6.45, 7) is 7.00. The average Bonchev–Trinajstić information content (AvgIpc) is 2.50. The van der Waals surface area contributed by atoms with Gasteiger partial charge in [-0.1, -0.05) is 0 Å². The third-order valence-corrected chi connectivity index (χ3v) is 3.54. The Morgan fingerprint density at radius 3 is 2.52 bits per heavy atom. The molecule has 0 spiro atoms. The van der Waals surface area contributed by atoms with E-state index < -0.39 is 29.6 Å². The van der Waals surface area contributed by atoms with Gasteiger partial charge in [-0.2, -0.15) is 0 Å². The molecule has 0 atom stereocenters. The van der Waals surface area contributed by atoms with Crippen LogP contribution in [0.5, 0.6) is 0 Å². The molecule has 0 saturated carbocycles. The minimum absolute atomic E-state index is 0.159. The van der Waals surface area contributed by atoms with Gasteiger partial charge in [-0.15, -0.1) is 0 Å². The highest BCUT2D eigenvalue weighted by atomic mass is 79.9. The number of carbonyl (C=O) groups excluding carboxylic acids is 1. The van der Waals surface area contributed by atoms with Crippen LogP contribution in [0, 0.1) is 5.82 Å². The maximum absolute atomic E-state index is 13.7. The molecule has 1 aromatic carbocycles. The van der Waals surface area contributed by atoms with E-state index >= 15 is 0 Å². The zero-order chi connectivity index (χ0) is 18.2. The fourth-order valence-corrected chi connectivity index (χ4v) is 2.54. The predicted octanol–water partition coefficient (Wildman–Crippen LogP) is 3.65. The smallest absolute Gasteiger partial charge is 0.410 e. The number of carbonyl (C=O) groups is 1. The lowest BCUT2D eigenvalue weighted by Crippen LogP contribution is -2.50. The fourth-order valence-electron chi connectivity index (χ4n) is 2.01. The van der Waals surface area contributed by atoms with Crippen LogP contribution >= 0.6 is 15.9 Å². The van der Waals surface area contributed by atoms with Crippen LogP contribution in [0.2, 0.25) is 0 Å². The Balaban J connectivity index is 2.15. The summed E-state index contributed by atoms with van der Waals surface area (Å²) in [5, 5.41) is 0. The van der Waals surface area contributed by atoms with E-state index in [1.54, 1.807) is 30.6 Å². The molecule has 6 heteroatoms. The molecule has 1 saturated heterocycles. The molecule has 2 rings (SSSR count). The van der Waals surface area contributed by atoms with Crippen molar-refractivity contribution in [3.63, 3.8) is 0 Å². The second kappa shape index (κ2) is 6.22. The summed E-state index contributed by atoms with van der Waals surface area (Å²) in [6, 6.07) is -1.28. The highest BCUT2D eigenvalue weighted by Crippen LogP contribution is 2.28. The average molecular weight is 362 g/mol. The summed E-state index contributed by atoms with van der Waals surface area (Å²) < 4.78 is 42.5. The Hall–Kier alpha value is -1.30. The third kappa shape index (κ3) is 4.33. The number of hydrogen-bond donors (Lipinski definition) is 0. The van der Waals surface area contributed by atoms with Crippen LogP contribution in [-0.2, 0) is 4.74 Å². The zero-order valence-electron chi connectivity index (χ0n) is 15.3. The summed E-state index contributed by atoms with van der Waals surface area (Å²) >= 11 is 3.16. The maximum atomic E-state index is 13.7. The minimum Gasteiger partial charge on any atom is -0.444 e. The third-order valence-electron chi connectivity index (χ3n) is 2.97. The van der Waals surface area contributed by atoms with Crippen LogP contribution in [0.3, 0.4) is 0 Å². The van der Waals surface area contributed by atoms with Crippen LogP contribution in [0.1, 0.15) is 24.9 Å². The number of benzene rings is 1. The number of ether oxygens (including phenoxy) is 1. The molecule has 4 nitrogen and oxygen atoms in total. The number of amides is 1. The van der Waals surface area contributed by atoms with Gasteiger partial charge < -0.3 is 14.5 Å². The van der Waals surface area contributed by atoms with E-state index in [4.69, 9.17) is 8.85 Å². The van der Waals surface area contributed by atoms with Crippen molar-refractivity contribution in [1.29, 1.82) is 0 Å². The van der Waals surface area contributed by atoms with Gasteiger partial charge in [-0.25, -0.2) is 9.18 Å². The predicted molar refractivity (Wildman–Crippen MR) is 84.1 cm³/mol. The van der Waals surface area contributed by atoms with Crippen LogP contribution in [-0.4, -0.2) is 42.8 Å². The second-order valence-corrected chi connectivity index (χ2v) is 6.60. The summed E-state index contributed by atoms with van der Waals surface area (Å²) in [5.41, 5.74) is -0.252. The Labute approximate surface area is 137 Å². The van der Waals surface area contributed by atoms with E-state index in [1.807, 2.05) is 0 Å². The van der Waals surface area contributed by atoms with Crippen LogP contribution < -0.4 is 4.90 Å². The van der Waals surface area contributed by atoms with Gasteiger partial charge >= 0.3 is 6.09 Å². The van der Waals surface area contributed by atoms with Crippen molar-refractivity contribution in [3.8, 4) is 0 Å². The quantitative estimate of drug-likeness (QED) is 0.765. The molecule has 1 heterocycles. The Kier molecular flexibility index (Phi) is 3.63. The summed E-state index contributed by atoms with van der Waals surface area (Å²) in [7, 11) is 0. The molecule has 1 fully saturated rings. The minimum atomic E-state index is -1.01. The Bertz CT molecular complexity index is 630. The molecular weight excluding hydrogens is 339 g/mol. The highest BCUT2D eigenvalue weighted by Gasteiger charge is 2.26. The second-order valence-electron chi connectivity index (χ2n) is 5.81. The van der Waals surface area contributed by atoms with E-state index in [9.17, 15) is 9.18 Å². The number of nitrogens with zero attached hydrogens (tertiary/aromatic N) is 2. The normalized spacial score (nSPS) is 18.0. The van der Waals surface area contributed by atoms with Gasteiger partial charge in [-0.05, 0) is 54.8 Å². The number of hydrogen-bond acceptors (Lipinski definition) is 3. The van der Waals surface area contributed by atoms with Gasteiger partial charge in [-0.3, -0.25) is 0 Å². The molecule has 0 aromatic heterocycles.